The third kappa shape index (κ3) is 2.75. The molecule has 2 fully saturated rings. The summed E-state index contributed by atoms with van der Waals surface area (Å²) in [5, 5.41) is 0. The molecule has 0 saturated carbocycles. The third-order valence-electron chi connectivity index (χ3n) is 4.09. The highest BCUT2D eigenvalue weighted by Gasteiger charge is 2.34. The minimum Gasteiger partial charge on any atom is -0.299 e. The van der Waals surface area contributed by atoms with Crippen LogP contribution in [0.3, 0.4) is 0 Å². The monoisotopic (exact) mass is 228 g/mol. The first-order valence-corrected chi connectivity index (χ1v) is 6.60. The Morgan fingerprint density at radius 1 is 1.00 bits per heavy atom. The van der Waals surface area contributed by atoms with Crippen LogP contribution in [-0.2, 0) is 0 Å². The number of halogens is 1. The minimum absolute atomic E-state index is 0.285. The lowest BCUT2D eigenvalue weighted by Crippen LogP contribution is -2.46. The summed E-state index contributed by atoms with van der Waals surface area (Å²) in [6.45, 7) is 11.1. The van der Waals surface area contributed by atoms with Gasteiger partial charge in [-0.15, -0.1) is 0 Å². The van der Waals surface area contributed by atoms with E-state index in [0.29, 0.717) is 6.04 Å². The molecule has 0 aliphatic carbocycles. The van der Waals surface area contributed by atoms with Crippen LogP contribution in [0.15, 0.2) is 0 Å². The predicted octanol–water partition coefficient (Wildman–Crippen LogP) is 2.29. The van der Waals surface area contributed by atoms with Gasteiger partial charge in [0.2, 0.25) is 0 Å². The first kappa shape index (κ1) is 12.3. The second-order valence-electron chi connectivity index (χ2n) is 6.27. The molecule has 16 heavy (non-hydrogen) atoms. The number of rotatable bonds is 1. The van der Waals surface area contributed by atoms with Crippen LogP contribution in [0.5, 0.6) is 0 Å². The van der Waals surface area contributed by atoms with Crippen LogP contribution in [0.1, 0.15) is 40.0 Å². The van der Waals surface area contributed by atoms with Crippen LogP contribution in [0.4, 0.5) is 4.39 Å². The highest BCUT2D eigenvalue weighted by Crippen LogP contribution is 2.26. The normalized spacial score (nSPS) is 31.1. The van der Waals surface area contributed by atoms with Gasteiger partial charge in [-0.25, -0.2) is 4.39 Å². The van der Waals surface area contributed by atoms with E-state index >= 15 is 0 Å². The summed E-state index contributed by atoms with van der Waals surface area (Å²) in [6.07, 6.45) is 2.20. The Bertz CT molecular complexity index is 229. The lowest BCUT2D eigenvalue weighted by molar-refractivity contribution is 0.100. The maximum atomic E-state index is 13.1. The maximum Gasteiger partial charge on any atom is 0.103 e. The lowest BCUT2D eigenvalue weighted by Gasteiger charge is -2.36. The molecule has 2 aliphatic rings. The smallest absolute Gasteiger partial charge is 0.103 e. The first-order chi connectivity index (χ1) is 7.47. The summed E-state index contributed by atoms with van der Waals surface area (Å²) in [5.74, 6) is 0. The Labute approximate surface area is 98.8 Å². The zero-order valence-electron chi connectivity index (χ0n) is 10.9. The van der Waals surface area contributed by atoms with Crippen LogP contribution in [0.2, 0.25) is 0 Å². The van der Waals surface area contributed by atoms with Gasteiger partial charge in [0.15, 0.2) is 0 Å². The zero-order valence-corrected chi connectivity index (χ0v) is 10.9. The fourth-order valence-electron chi connectivity index (χ4n) is 2.88. The quantitative estimate of drug-likeness (QED) is 0.679. The largest absolute Gasteiger partial charge is 0.299 e. The number of hydrogen-bond donors (Lipinski definition) is 0. The minimum atomic E-state index is -0.545. The zero-order chi connectivity index (χ0) is 11.8. The predicted molar refractivity (Wildman–Crippen MR) is 65.4 cm³/mol. The summed E-state index contributed by atoms with van der Waals surface area (Å²) < 4.78 is 13.1. The van der Waals surface area contributed by atoms with Crippen molar-refractivity contribution in [2.45, 2.75) is 57.8 Å². The molecule has 2 nitrogen and oxygen atoms in total. The lowest BCUT2D eigenvalue weighted by atomic mass is 10.1. The molecule has 1 atom stereocenters. The van der Waals surface area contributed by atoms with Gasteiger partial charge in [0.1, 0.15) is 6.17 Å². The number of likely N-dealkylation sites (tertiary alicyclic amines) is 2. The summed E-state index contributed by atoms with van der Waals surface area (Å²) in [6, 6.07) is 0.673. The molecule has 0 radical (unpaired) electrons. The van der Waals surface area contributed by atoms with Crippen molar-refractivity contribution in [1.29, 1.82) is 0 Å². The van der Waals surface area contributed by atoms with Crippen molar-refractivity contribution in [3.05, 3.63) is 0 Å². The number of hydrogen-bond acceptors (Lipinski definition) is 2. The average Bonchev–Trinajstić information content (AvgIpc) is 2.67. The third-order valence-corrected chi connectivity index (χ3v) is 4.09. The summed E-state index contributed by atoms with van der Waals surface area (Å²) in [4.78, 5) is 5.06. The molecular weight excluding hydrogens is 203 g/mol. The Hall–Kier alpha value is -0.150. The van der Waals surface area contributed by atoms with Crippen LogP contribution in [0.25, 0.3) is 0 Å². The van der Waals surface area contributed by atoms with Crippen molar-refractivity contribution in [1.82, 2.24) is 9.80 Å². The molecule has 2 rings (SSSR count). The Morgan fingerprint density at radius 3 is 2.12 bits per heavy atom. The Morgan fingerprint density at radius 2 is 1.62 bits per heavy atom. The molecule has 0 spiro atoms. The van der Waals surface area contributed by atoms with Gasteiger partial charge < -0.3 is 0 Å². The van der Waals surface area contributed by atoms with E-state index in [0.717, 1.165) is 25.9 Å². The van der Waals surface area contributed by atoms with Crippen molar-refractivity contribution in [2.75, 3.05) is 26.2 Å². The van der Waals surface area contributed by atoms with Crippen molar-refractivity contribution in [3.8, 4) is 0 Å². The number of nitrogens with zero attached hydrogens (tertiary/aromatic N) is 2. The van der Waals surface area contributed by atoms with E-state index in [4.69, 9.17) is 0 Å². The van der Waals surface area contributed by atoms with Crippen LogP contribution in [-0.4, -0.2) is 53.7 Å². The highest BCUT2D eigenvalue weighted by atomic mass is 19.1. The summed E-state index contributed by atoms with van der Waals surface area (Å²) >= 11 is 0. The van der Waals surface area contributed by atoms with Gasteiger partial charge in [-0.1, -0.05) is 0 Å². The van der Waals surface area contributed by atoms with Crippen LogP contribution >= 0.6 is 0 Å². The molecule has 0 amide bonds. The summed E-state index contributed by atoms with van der Waals surface area (Å²) in [7, 11) is 0. The van der Waals surface area contributed by atoms with E-state index in [2.05, 4.69) is 30.6 Å². The average molecular weight is 228 g/mol. The molecule has 0 bridgehead atoms. The fraction of sp³-hybridized carbons (Fsp3) is 1.00. The van der Waals surface area contributed by atoms with E-state index in [1.54, 1.807) is 0 Å². The molecule has 2 aliphatic heterocycles. The van der Waals surface area contributed by atoms with Gasteiger partial charge in [0.05, 0.1) is 0 Å². The van der Waals surface area contributed by atoms with Crippen molar-refractivity contribution in [2.24, 2.45) is 0 Å². The van der Waals surface area contributed by atoms with Crippen molar-refractivity contribution in [3.63, 3.8) is 0 Å². The first-order valence-electron chi connectivity index (χ1n) is 6.60. The molecular formula is C13H25FN2. The standard InChI is InChI=1S/C13H25FN2/c1-13(2,3)16-9-6-12(10-16)15-7-4-11(14)5-8-15/h11-12H,4-10H2,1-3H3/t12-/m0/s1. The van der Waals surface area contributed by atoms with Crippen molar-refractivity contribution >= 4 is 0 Å². The van der Waals surface area contributed by atoms with Gasteiger partial charge >= 0.3 is 0 Å². The Kier molecular flexibility index (Phi) is 3.55. The molecule has 94 valence electrons. The van der Waals surface area contributed by atoms with Gasteiger partial charge in [-0.3, -0.25) is 9.80 Å². The van der Waals surface area contributed by atoms with Crippen LogP contribution < -0.4 is 0 Å². The number of piperidine rings is 1. The second kappa shape index (κ2) is 4.61. The molecule has 0 unspecified atom stereocenters. The summed E-state index contributed by atoms with van der Waals surface area (Å²) in [5.41, 5.74) is 0.285. The van der Waals surface area contributed by atoms with E-state index in [1.807, 2.05) is 0 Å². The molecule has 3 heteroatoms. The molecule has 0 aromatic carbocycles. The highest BCUT2D eigenvalue weighted by molar-refractivity contribution is 4.90. The number of alkyl halides is 1. The topological polar surface area (TPSA) is 6.48 Å². The molecule has 0 aromatic heterocycles. The fourth-order valence-corrected chi connectivity index (χ4v) is 2.88. The molecule has 0 aromatic rings. The molecule has 2 saturated heterocycles. The van der Waals surface area contributed by atoms with E-state index in [9.17, 15) is 4.39 Å². The van der Waals surface area contributed by atoms with E-state index in [1.165, 1.54) is 19.5 Å². The van der Waals surface area contributed by atoms with Gasteiger partial charge in [0.25, 0.3) is 0 Å². The Balaban J connectivity index is 1.84. The van der Waals surface area contributed by atoms with Gasteiger partial charge in [-0.2, -0.15) is 0 Å². The molecule has 0 N–H and O–H groups in total. The van der Waals surface area contributed by atoms with Gasteiger partial charge in [-0.05, 0) is 40.0 Å². The molecule has 2 heterocycles. The van der Waals surface area contributed by atoms with Gasteiger partial charge in [0, 0.05) is 37.8 Å². The maximum absolute atomic E-state index is 13.1. The van der Waals surface area contributed by atoms with E-state index < -0.39 is 6.17 Å². The SMILES string of the molecule is CC(C)(C)N1CC[C@H](N2CCC(F)CC2)C1. The van der Waals surface area contributed by atoms with Crippen LogP contribution in [0, 0.1) is 0 Å². The van der Waals surface area contributed by atoms with Crippen molar-refractivity contribution < 1.29 is 4.39 Å². The van der Waals surface area contributed by atoms with E-state index in [-0.39, 0.29) is 5.54 Å². The second-order valence-corrected chi connectivity index (χ2v) is 6.27.